The van der Waals surface area contributed by atoms with Crippen LogP contribution in [0.1, 0.15) is 41.5 Å². The van der Waals surface area contributed by atoms with Gasteiger partial charge in [0, 0.05) is 5.41 Å². The Morgan fingerprint density at radius 3 is 1.57 bits per heavy atom. The quantitative estimate of drug-likeness (QED) is 0.420. The molecule has 2 nitrogen and oxygen atoms in total. The Kier molecular flexibility index (Phi) is 6.03. The normalized spacial score (nSPS) is 13.4. The molecule has 0 aromatic carbocycles. The fourth-order valence-electron chi connectivity index (χ4n) is 0.552. The first-order valence-corrected chi connectivity index (χ1v) is 4.49. The molecule has 0 bridgehead atoms. The van der Waals surface area contributed by atoms with Crippen LogP contribution >= 0.6 is 0 Å². The van der Waals surface area contributed by atoms with Crippen molar-refractivity contribution in [3.8, 4) is 0 Å². The van der Waals surface area contributed by atoms with Crippen molar-refractivity contribution in [2.45, 2.75) is 41.5 Å². The Hall–Kier alpha value is -0.0497. The van der Waals surface area contributed by atoms with E-state index in [4.69, 9.17) is 0 Å². The minimum Gasteiger partial charge on any atom is -0.875 e. The predicted octanol–water partition coefficient (Wildman–Crippen LogP) is 1.89. The zero-order valence-corrected chi connectivity index (χ0v) is 11.2. The Labute approximate surface area is 102 Å². The number of carbonyl (C=O) groups is 1. The van der Waals surface area contributed by atoms with Crippen LogP contribution in [0.3, 0.4) is 0 Å². The molecule has 0 aliphatic rings. The number of allylic oxidation sites excluding steroid dienone is 2. The molecule has 0 aromatic rings. The first-order valence-electron chi connectivity index (χ1n) is 4.49. The summed E-state index contributed by atoms with van der Waals surface area (Å²) in [5.74, 6) is -0.208. The zero-order chi connectivity index (χ0) is 10.9. The van der Waals surface area contributed by atoms with Crippen molar-refractivity contribution >= 4 is 5.78 Å². The van der Waals surface area contributed by atoms with Gasteiger partial charge in [-0.1, -0.05) is 41.5 Å². The molecule has 0 saturated carbocycles. The maximum absolute atomic E-state index is 11.4. The van der Waals surface area contributed by atoms with E-state index in [0.29, 0.717) is 0 Å². The molecule has 0 aromatic heterocycles. The van der Waals surface area contributed by atoms with E-state index in [-0.39, 0.29) is 33.9 Å². The van der Waals surface area contributed by atoms with Crippen LogP contribution in [0.2, 0.25) is 0 Å². The summed E-state index contributed by atoms with van der Waals surface area (Å²) in [6.45, 7) is 10.8. The molecule has 0 atom stereocenters. The molecule has 0 aliphatic heterocycles. The van der Waals surface area contributed by atoms with Crippen LogP contribution in [-0.2, 0) is 27.2 Å². The summed E-state index contributed by atoms with van der Waals surface area (Å²) in [6.07, 6.45) is 1.22. The largest absolute Gasteiger partial charge is 1.00 e. The minimum absolute atomic E-state index is 0. The molecule has 14 heavy (non-hydrogen) atoms. The SMILES string of the molecule is CC(C)(C)C(=O)C=C([O-])C(C)(C)C.[Ag+]. The second-order valence-corrected chi connectivity index (χ2v) is 5.37. The zero-order valence-electron chi connectivity index (χ0n) is 9.70. The third-order valence-electron chi connectivity index (χ3n) is 1.74. The van der Waals surface area contributed by atoms with Gasteiger partial charge in [0.15, 0.2) is 5.78 Å². The van der Waals surface area contributed by atoms with E-state index in [1.54, 1.807) is 0 Å². The summed E-state index contributed by atoms with van der Waals surface area (Å²) in [4.78, 5) is 11.4. The molecule has 0 aliphatic carbocycles. The van der Waals surface area contributed by atoms with Crippen molar-refractivity contribution in [2.75, 3.05) is 0 Å². The van der Waals surface area contributed by atoms with E-state index in [1.807, 2.05) is 41.5 Å². The maximum Gasteiger partial charge on any atom is 1.00 e. The number of ketones is 1. The smallest absolute Gasteiger partial charge is 0.875 e. The summed E-state index contributed by atoms with van der Waals surface area (Å²) in [6, 6.07) is 0. The van der Waals surface area contributed by atoms with Gasteiger partial charge in [-0.25, -0.2) is 0 Å². The van der Waals surface area contributed by atoms with Gasteiger partial charge in [-0.05, 0) is 11.5 Å². The van der Waals surface area contributed by atoms with Gasteiger partial charge in [-0.3, -0.25) is 4.79 Å². The first-order chi connectivity index (χ1) is 5.55. The van der Waals surface area contributed by atoms with Crippen molar-refractivity contribution in [1.82, 2.24) is 0 Å². The third kappa shape index (κ3) is 5.63. The van der Waals surface area contributed by atoms with Gasteiger partial charge in [0.25, 0.3) is 0 Å². The molecule has 0 fully saturated rings. The van der Waals surface area contributed by atoms with Gasteiger partial charge >= 0.3 is 22.4 Å². The summed E-state index contributed by atoms with van der Waals surface area (Å²) in [5.41, 5.74) is -0.915. The number of rotatable bonds is 1. The summed E-state index contributed by atoms with van der Waals surface area (Å²) in [5, 5.41) is 11.4. The summed E-state index contributed by atoms with van der Waals surface area (Å²) in [7, 11) is 0. The van der Waals surface area contributed by atoms with E-state index in [1.165, 1.54) is 6.08 Å². The monoisotopic (exact) mass is 290 g/mol. The van der Waals surface area contributed by atoms with Crippen LogP contribution in [0.25, 0.3) is 0 Å². The number of hydrogen-bond acceptors (Lipinski definition) is 2. The molecule has 0 spiro atoms. The molecule has 0 heterocycles. The van der Waals surface area contributed by atoms with Gasteiger partial charge in [0.2, 0.25) is 0 Å². The van der Waals surface area contributed by atoms with Crippen LogP contribution in [0.5, 0.6) is 0 Å². The van der Waals surface area contributed by atoms with Crippen molar-refractivity contribution < 1.29 is 32.3 Å². The maximum atomic E-state index is 11.4. The Bertz CT molecular complexity index is 229. The van der Waals surface area contributed by atoms with E-state index in [0.717, 1.165) is 0 Å². The standard InChI is InChI=1S/C11H20O2.Ag/c1-10(2,3)8(12)7-9(13)11(4,5)6;/h7,12H,1-6H3;/q;+1/p-1. The number of hydrogen-bond donors (Lipinski definition) is 0. The third-order valence-corrected chi connectivity index (χ3v) is 1.74. The van der Waals surface area contributed by atoms with Crippen LogP contribution in [-0.4, -0.2) is 5.78 Å². The second-order valence-electron chi connectivity index (χ2n) is 5.37. The van der Waals surface area contributed by atoms with E-state index < -0.39 is 10.8 Å². The molecule has 0 saturated heterocycles. The van der Waals surface area contributed by atoms with Gasteiger partial charge in [-0.2, -0.15) is 0 Å². The fourth-order valence-corrected chi connectivity index (χ4v) is 0.552. The Balaban J connectivity index is 0. The Morgan fingerprint density at radius 2 is 1.36 bits per heavy atom. The fraction of sp³-hybridized carbons (Fsp3) is 0.727. The van der Waals surface area contributed by atoms with Crippen molar-refractivity contribution in [1.29, 1.82) is 0 Å². The molecule has 0 rings (SSSR count). The van der Waals surface area contributed by atoms with E-state index >= 15 is 0 Å². The van der Waals surface area contributed by atoms with Crippen molar-refractivity contribution in [2.24, 2.45) is 10.8 Å². The molecular formula is C11H19AgO2. The molecule has 0 radical (unpaired) electrons. The molecule has 0 amide bonds. The second kappa shape index (κ2) is 5.15. The van der Waals surface area contributed by atoms with E-state index in [9.17, 15) is 9.90 Å². The van der Waals surface area contributed by atoms with Gasteiger partial charge in [-0.15, -0.1) is 5.76 Å². The number of carbonyl (C=O) groups excluding carboxylic acids is 1. The topological polar surface area (TPSA) is 40.1 Å². The predicted molar refractivity (Wildman–Crippen MR) is 52.0 cm³/mol. The Morgan fingerprint density at radius 1 is 1.00 bits per heavy atom. The van der Waals surface area contributed by atoms with Crippen molar-refractivity contribution in [3.63, 3.8) is 0 Å². The van der Waals surface area contributed by atoms with Crippen LogP contribution in [0.4, 0.5) is 0 Å². The van der Waals surface area contributed by atoms with Gasteiger partial charge in [0.05, 0.1) is 0 Å². The van der Waals surface area contributed by atoms with Crippen LogP contribution in [0, 0.1) is 10.8 Å². The summed E-state index contributed by atoms with van der Waals surface area (Å²) < 4.78 is 0. The molecule has 86 valence electrons. The minimum atomic E-state index is -0.457. The average molecular weight is 291 g/mol. The molecule has 0 N–H and O–H groups in total. The van der Waals surface area contributed by atoms with Gasteiger partial charge < -0.3 is 5.11 Å². The molecule has 3 heteroatoms. The van der Waals surface area contributed by atoms with Crippen molar-refractivity contribution in [3.05, 3.63) is 11.8 Å². The molecule has 0 unspecified atom stereocenters. The summed E-state index contributed by atoms with van der Waals surface area (Å²) >= 11 is 0. The van der Waals surface area contributed by atoms with Crippen LogP contribution in [0.15, 0.2) is 11.8 Å². The molecular weight excluding hydrogens is 272 g/mol. The first kappa shape index (κ1) is 16.4. The van der Waals surface area contributed by atoms with Gasteiger partial charge in [0.1, 0.15) is 0 Å². The average Bonchev–Trinajstić information content (AvgIpc) is 1.82. The van der Waals surface area contributed by atoms with E-state index in [2.05, 4.69) is 0 Å². The van der Waals surface area contributed by atoms with Crippen LogP contribution < -0.4 is 5.11 Å².